The van der Waals surface area contributed by atoms with E-state index in [1.165, 1.54) is 44.9 Å². The fraction of sp³-hybridized carbons (Fsp3) is 0.696. The molecular formula is C23H34Cl2N4. The minimum atomic E-state index is 0.588. The van der Waals surface area contributed by atoms with Crippen molar-refractivity contribution in [2.75, 3.05) is 31.1 Å². The van der Waals surface area contributed by atoms with Gasteiger partial charge in [0.2, 0.25) is 5.95 Å². The van der Waals surface area contributed by atoms with Crippen LogP contribution in [0, 0.1) is 5.92 Å². The monoisotopic (exact) mass is 436 g/mol. The second-order valence-electron chi connectivity index (χ2n) is 8.65. The molecule has 2 heterocycles. The predicted molar refractivity (Wildman–Crippen MR) is 124 cm³/mol. The van der Waals surface area contributed by atoms with Crippen molar-refractivity contribution in [3.05, 3.63) is 22.2 Å². The molecule has 1 unspecified atom stereocenters. The van der Waals surface area contributed by atoms with Crippen LogP contribution in [0.1, 0.15) is 58.8 Å². The molecule has 0 bridgehead atoms. The number of nitrogens with zero attached hydrogens (tertiary/aromatic N) is 4. The molecule has 0 radical (unpaired) electrons. The summed E-state index contributed by atoms with van der Waals surface area (Å²) in [5.74, 6) is 1.95. The second kappa shape index (κ2) is 9.45. The lowest BCUT2D eigenvalue weighted by Crippen LogP contribution is -2.45. The van der Waals surface area contributed by atoms with Crippen molar-refractivity contribution >= 4 is 40.2 Å². The number of likely N-dealkylation sites (N-methyl/N-ethyl adjacent to an activating group) is 1. The van der Waals surface area contributed by atoms with Crippen molar-refractivity contribution in [2.45, 2.75) is 71.4 Å². The van der Waals surface area contributed by atoms with Gasteiger partial charge >= 0.3 is 0 Å². The summed E-state index contributed by atoms with van der Waals surface area (Å²) in [6.07, 6.45) is 9.42. The van der Waals surface area contributed by atoms with Gasteiger partial charge in [-0.3, -0.25) is 0 Å². The van der Waals surface area contributed by atoms with Gasteiger partial charge in [0.05, 0.1) is 21.1 Å². The first-order chi connectivity index (χ1) is 14.1. The maximum atomic E-state index is 6.41. The van der Waals surface area contributed by atoms with E-state index in [-0.39, 0.29) is 0 Å². The Hall–Kier alpha value is -0.970. The summed E-state index contributed by atoms with van der Waals surface area (Å²) in [7, 11) is 0. The molecule has 1 aliphatic carbocycles. The SMILES string of the molecule is CCN(CC)CCn1c(N2CCCCC2C2CCCC2)nc2cc(Cl)c(Cl)cc21. The minimum absolute atomic E-state index is 0.588. The highest BCUT2D eigenvalue weighted by atomic mass is 35.5. The highest BCUT2D eigenvalue weighted by Gasteiger charge is 2.34. The number of aromatic nitrogens is 2. The number of halogens is 2. The summed E-state index contributed by atoms with van der Waals surface area (Å²) in [6.45, 7) is 9.66. The Bertz CT molecular complexity index is 824. The third-order valence-electron chi connectivity index (χ3n) is 7.05. The number of hydrogen-bond acceptors (Lipinski definition) is 3. The van der Waals surface area contributed by atoms with Crippen LogP contribution in [0.5, 0.6) is 0 Å². The zero-order valence-corrected chi connectivity index (χ0v) is 19.4. The van der Waals surface area contributed by atoms with E-state index in [0.717, 1.165) is 55.6 Å². The molecule has 2 aliphatic rings. The molecule has 2 aromatic rings. The molecule has 1 aromatic heterocycles. The highest BCUT2D eigenvalue weighted by Crippen LogP contribution is 2.38. The van der Waals surface area contributed by atoms with E-state index in [0.29, 0.717) is 16.1 Å². The Morgan fingerprint density at radius 2 is 1.69 bits per heavy atom. The molecule has 4 rings (SSSR count). The molecule has 0 amide bonds. The van der Waals surface area contributed by atoms with Gasteiger partial charge in [0, 0.05) is 25.7 Å². The van der Waals surface area contributed by atoms with Crippen molar-refractivity contribution < 1.29 is 0 Å². The Kier molecular flexibility index (Phi) is 6.93. The smallest absolute Gasteiger partial charge is 0.206 e. The summed E-state index contributed by atoms with van der Waals surface area (Å²) in [6, 6.07) is 4.57. The normalized spacial score (nSPS) is 21.0. The molecule has 2 fully saturated rings. The van der Waals surface area contributed by atoms with Crippen LogP contribution < -0.4 is 4.90 Å². The minimum Gasteiger partial charge on any atom is -0.339 e. The first kappa shape index (κ1) is 21.3. The molecule has 1 aliphatic heterocycles. The van der Waals surface area contributed by atoms with Crippen molar-refractivity contribution in [3.63, 3.8) is 0 Å². The van der Waals surface area contributed by atoms with E-state index in [4.69, 9.17) is 28.2 Å². The Morgan fingerprint density at radius 3 is 2.41 bits per heavy atom. The van der Waals surface area contributed by atoms with Gasteiger partial charge in [-0.25, -0.2) is 4.98 Å². The molecular weight excluding hydrogens is 403 g/mol. The van der Waals surface area contributed by atoms with Gasteiger partial charge in [0.1, 0.15) is 0 Å². The number of hydrogen-bond donors (Lipinski definition) is 0. The van der Waals surface area contributed by atoms with E-state index in [2.05, 4.69) is 28.2 Å². The van der Waals surface area contributed by atoms with E-state index in [1.54, 1.807) is 0 Å². The molecule has 29 heavy (non-hydrogen) atoms. The van der Waals surface area contributed by atoms with Crippen LogP contribution in [0.2, 0.25) is 10.0 Å². The van der Waals surface area contributed by atoms with Crippen LogP contribution in [-0.4, -0.2) is 46.7 Å². The van der Waals surface area contributed by atoms with Crippen LogP contribution >= 0.6 is 23.2 Å². The molecule has 1 atom stereocenters. The molecule has 1 saturated carbocycles. The van der Waals surface area contributed by atoms with Gasteiger partial charge in [-0.1, -0.05) is 49.9 Å². The first-order valence-electron chi connectivity index (χ1n) is 11.5. The number of rotatable bonds is 7. The number of fused-ring (bicyclic) bond motifs is 1. The number of piperidine rings is 1. The fourth-order valence-electron chi connectivity index (χ4n) is 5.37. The summed E-state index contributed by atoms with van der Waals surface area (Å²) in [4.78, 5) is 10.2. The largest absolute Gasteiger partial charge is 0.339 e. The summed E-state index contributed by atoms with van der Waals surface area (Å²) in [5.41, 5.74) is 2.07. The van der Waals surface area contributed by atoms with Crippen LogP contribution in [-0.2, 0) is 6.54 Å². The lowest BCUT2D eigenvalue weighted by Gasteiger charge is -2.40. The average molecular weight is 437 g/mol. The van der Waals surface area contributed by atoms with Gasteiger partial charge in [0.15, 0.2) is 0 Å². The lowest BCUT2D eigenvalue weighted by atomic mass is 9.89. The zero-order chi connectivity index (χ0) is 20.4. The third-order valence-corrected chi connectivity index (χ3v) is 7.78. The van der Waals surface area contributed by atoms with Gasteiger partial charge in [-0.15, -0.1) is 0 Å². The average Bonchev–Trinajstić information content (AvgIpc) is 3.38. The predicted octanol–water partition coefficient (Wildman–Crippen LogP) is 6.23. The van der Waals surface area contributed by atoms with E-state index < -0.39 is 0 Å². The van der Waals surface area contributed by atoms with Crippen LogP contribution in [0.4, 0.5) is 5.95 Å². The number of benzene rings is 1. The fourth-order valence-corrected chi connectivity index (χ4v) is 5.68. The van der Waals surface area contributed by atoms with Gasteiger partial charge in [0.25, 0.3) is 0 Å². The number of imidazole rings is 1. The summed E-state index contributed by atoms with van der Waals surface area (Å²) in [5, 5.41) is 1.20. The third kappa shape index (κ3) is 4.40. The van der Waals surface area contributed by atoms with Crippen LogP contribution in [0.25, 0.3) is 11.0 Å². The molecule has 4 nitrogen and oxygen atoms in total. The summed E-state index contributed by atoms with van der Waals surface area (Å²) < 4.78 is 2.41. The van der Waals surface area contributed by atoms with Gasteiger partial charge < -0.3 is 14.4 Å². The Balaban J connectivity index is 1.73. The van der Waals surface area contributed by atoms with Crippen molar-refractivity contribution in [2.24, 2.45) is 5.92 Å². The highest BCUT2D eigenvalue weighted by molar-refractivity contribution is 6.42. The van der Waals surface area contributed by atoms with Crippen molar-refractivity contribution in [3.8, 4) is 0 Å². The molecule has 1 saturated heterocycles. The molecule has 160 valence electrons. The standard InChI is InChI=1S/C23H34Cl2N4/c1-3-27(4-2)13-14-29-22-16-19(25)18(24)15-20(22)26-23(29)28-12-8-7-11-21(28)17-9-5-6-10-17/h15-17,21H,3-14H2,1-2H3. The van der Waals surface area contributed by atoms with Gasteiger partial charge in [-0.2, -0.15) is 0 Å². The van der Waals surface area contributed by atoms with Gasteiger partial charge in [-0.05, 0) is 63.2 Å². The van der Waals surface area contributed by atoms with E-state index in [1.807, 2.05) is 12.1 Å². The van der Waals surface area contributed by atoms with E-state index >= 15 is 0 Å². The maximum absolute atomic E-state index is 6.41. The topological polar surface area (TPSA) is 24.3 Å². The van der Waals surface area contributed by atoms with Crippen molar-refractivity contribution in [1.82, 2.24) is 14.5 Å². The molecule has 1 aromatic carbocycles. The first-order valence-corrected chi connectivity index (χ1v) is 12.2. The zero-order valence-electron chi connectivity index (χ0n) is 17.8. The Morgan fingerprint density at radius 1 is 1.00 bits per heavy atom. The molecule has 6 heteroatoms. The summed E-state index contributed by atoms with van der Waals surface area (Å²) >= 11 is 12.7. The van der Waals surface area contributed by atoms with E-state index in [9.17, 15) is 0 Å². The van der Waals surface area contributed by atoms with Crippen LogP contribution in [0.15, 0.2) is 12.1 Å². The maximum Gasteiger partial charge on any atom is 0.206 e. The lowest BCUT2D eigenvalue weighted by molar-refractivity contribution is 0.289. The number of anilines is 1. The second-order valence-corrected chi connectivity index (χ2v) is 9.46. The molecule has 0 N–H and O–H groups in total. The Labute approximate surface area is 185 Å². The quantitative estimate of drug-likeness (QED) is 0.513. The molecule has 0 spiro atoms. The van der Waals surface area contributed by atoms with Crippen molar-refractivity contribution in [1.29, 1.82) is 0 Å². The van der Waals surface area contributed by atoms with Crippen LogP contribution in [0.3, 0.4) is 0 Å².